The lowest BCUT2D eigenvalue weighted by molar-refractivity contribution is -0.157. The summed E-state index contributed by atoms with van der Waals surface area (Å²) >= 11 is 1.37. The Kier molecular flexibility index (Phi) is 5.51. The number of piperidine rings is 1. The van der Waals surface area contributed by atoms with Gasteiger partial charge in [0, 0.05) is 38.7 Å². The Labute approximate surface area is 128 Å². The maximum Gasteiger partial charge on any atom is 0.255 e. The molecule has 0 saturated carbocycles. The van der Waals surface area contributed by atoms with Gasteiger partial charge in [-0.3, -0.25) is 4.79 Å². The lowest BCUT2D eigenvalue weighted by Crippen LogP contribution is -2.58. The Morgan fingerprint density at radius 2 is 2.48 bits per heavy atom. The van der Waals surface area contributed by atoms with Crippen molar-refractivity contribution in [3.8, 4) is 0 Å². The summed E-state index contributed by atoms with van der Waals surface area (Å²) < 4.78 is 4.99. The van der Waals surface area contributed by atoms with E-state index in [0.717, 1.165) is 12.1 Å². The molecule has 0 bridgehead atoms. The molecule has 0 spiro atoms. The number of aromatic nitrogens is 1. The molecule has 1 saturated heterocycles. The smallest absolute Gasteiger partial charge is 0.255 e. The molecule has 1 atom stereocenters. The van der Waals surface area contributed by atoms with Crippen molar-refractivity contribution in [3.63, 3.8) is 0 Å². The van der Waals surface area contributed by atoms with Crippen LogP contribution in [0, 0.1) is 0 Å². The average molecular weight is 314 g/mol. The number of likely N-dealkylation sites (tertiary alicyclic amines) is 1. The van der Waals surface area contributed by atoms with E-state index in [-0.39, 0.29) is 12.5 Å². The number of nitrogens with zero attached hydrogens (tertiary/aromatic N) is 2. The van der Waals surface area contributed by atoms with E-state index in [2.05, 4.69) is 10.3 Å². The number of carbonyl (C=O) groups is 1. The molecule has 118 valence electrons. The van der Waals surface area contributed by atoms with E-state index in [9.17, 15) is 9.90 Å². The zero-order valence-corrected chi connectivity index (χ0v) is 13.0. The average Bonchev–Trinajstić information content (AvgIpc) is 2.86. The fourth-order valence-corrected chi connectivity index (χ4v) is 3.01. The van der Waals surface area contributed by atoms with Crippen molar-refractivity contribution in [1.82, 2.24) is 15.2 Å². The highest BCUT2D eigenvalue weighted by Gasteiger charge is 2.41. The number of anilines is 1. The van der Waals surface area contributed by atoms with Crippen molar-refractivity contribution < 1.29 is 14.6 Å². The largest absolute Gasteiger partial charge is 0.383 e. The Morgan fingerprint density at radius 3 is 3.14 bits per heavy atom. The van der Waals surface area contributed by atoms with E-state index in [1.165, 1.54) is 11.3 Å². The standard InChI is InChI=1S/C13H22N4O3S/c1-20-6-5-17-4-2-3-13(19,11(17)18)9-15-7-10-8-21-12(14)16-10/h8,15,19H,2-7,9H2,1H3,(H2,14,16). The number of amides is 1. The Balaban J connectivity index is 1.86. The molecule has 0 aromatic carbocycles. The number of thiazole rings is 1. The summed E-state index contributed by atoms with van der Waals surface area (Å²) in [5.74, 6) is -0.226. The molecular weight excluding hydrogens is 292 g/mol. The molecule has 1 unspecified atom stereocenters. The predicted molar refractivity (Wildman–Crippen MR) is 80.9 cm³/mol. The number of aliphatic hydroxyl groups is 1. The van der Waals surface area contributed by atoms with Crippen molar-refractivity contribution >= 4 is 22.4 Å². The van der Waals surface area contributed by atoms with Crippen LogP contribution in [-0.4, -0.2) is 59.8 Å². The summed E-state index contributed by atoms with van der Waals surface area (Å²) in [7, 11) is 1.60. The molecule has 4 N–H and O–H groups in total. The van der Waals surface area contributed by atoms with Gasteiger partial charge in [0.2, 0.25) is 0 Å². The number of ether oxygens (including phenoxy) is 1. The fourth-order valence-electron chi connectivity index (χ4n) is 2.45. The van der Waals surface area contributed by atoms with E-state index in [4.69, 9.17) is 10.5 Å². The van der Waals surface area contributed by atoms with Crippen LogP contribution in [0.3, 0.4) is 0 Å². The number of carbonyl (C=O) groups excluding carboxylic acids is 1. The van der Waals surface area contributed by atoms with Crippen LogP contribution in [0.1, 0.15) is 18.5 Å². The monoisotopic (exact) mass is 314 g/mol. The number of nitrogens with one attached hydrogen (secondary N) is 1. The van der Waals surface area contributed by atoms with Crippen LogP contribution in [0.5, 0.6) is 0 Å². The van der Waals surface area contributed by atoms with E-state index < -0.39 is 5.60 Å². The number of hydrogen-bond donors (Lipinski definition) is 3. The van der Waals surface area contributed by atoms with Crippen molar-refractivity contribution in [3.05, 3.63) is 11.1 Å². The van der Waals surface area contributed by atoms with Crippen LogP contribution in [0.2, 0.25) is 0 Å². The number of nitrogens with two attached hydrogens (primary N) is 1. The Morgan fingerprint density at radius 1 is 1.67 bits per heavy atom. The van der Waals surface area contributed by atoms with E-state index >= 15 is 0 Å². The quantitative estimate of drug-likeness (QED) is 0.645. The first-order valence-corrected chi connectivity index (χ1v) is 7.84. The van der Waals surface area contributed by atoms with Gasteiger partial charge in [-0.15, -0.1) is 11.3 Å². The first-order valence-electron chi connectivity index (χ1n) is 6.96. The number of rotatable bonds is 7. The molecule has 7 nitrogen and oxygen atoms in total. The molecule has 2 heterocycles. The summed E-state index contributed by atoms with van der Waals surface area (Å²) in [5.41, 5.74) is 5.04. The van der Waals surface area contributed by atoms with E-state index in [1.807, 2.05) is 5.38 Å². The zero-order chi connectivity index (χ0) is 15.3. The van der Waals surface area contributed by atoms with Crippen molar-refractivity contribution in [2.24, 2.45) is 0 Å². The minimum absolute atomic E-state index is 0.215. The minimum Gasteiger partial charge on any atom is -0.383 e. The zero-order valence-electron chi connectivity index (χ0n) is 12.2. The lowest BCUT2D eigenvalue weighted by atomic mass is 9.91. The maximum atomic E-state index is 12.3. The third-order valence-electron chi connectivity index (χ3n) is 3.56. The van der Waals surface area contributed by atoms with Crippen LogP contribution >= 0.6 is 11.3 Å². The van der Waals surface area contributed by atoms with Crippen LogP contribution in [-0.2, 0) is 16.1 Å². The number of methoxy groups -OCH3 is 1. The molecular formula is C13H22N4O3S. The summed E-state index contributed by atoms with van der Waals surface area (Å²) in [6, 6.07) is 0. The van der Waals surface area contributed by atoms with Crippen LogP contribution in [0.4, 0.5) is 5.13 Å². The molecule has 1 aliphatic rings. The first kappa shape index (κ1) is 16.2. The lowest BCUT2D eigenvalue weighted by Gasteiger charge is -2.38. The van der Waals surface area contributed by atoms with Crippen molar-refractivity contribution in [2.45, 2.75) is 25.0 Å². The highest BCUT2D eigenvalue weighted by atomic mass is 32.1. The van der Waals surface area contributed by atoms with Crippen molar-refractivity contribution in [2.75, 3.05) is 39.1 Å². The topological polar surface area (TPSA) is 101 Å². The molecule has 1 aliphatic heterocycles. The molecule has 1 amide bonds. The maximum absolute atomic E-state index is 12.3. The van der Waals surface area contributed by atoms with Crippen LogP contribution in [0.25, 0.3) is 0 Å². The number of nitrogen functional groups attached to an aromatic ring is 1. The summed E-state index contributed by atoms with van der Waals surface area (Å²) in [6.45, 7) is 2.37. The third-order valence-corrected chi connectivity index (χ3v) is 4.28. The normalized spacial score (nSPS) is 22.8. The second kappa shape index (κ2) is 7.17. The fraction of sp³-hybridized carbons (Fsp3) is 0.692. The molecule has 0 aliphatic carbocycles. The van der Waals surface area contributed by atoms with Gasteiger partial charge in [0.1, 0.15) is 0 Å². The van der Waals surface area contributed by atoms with Gasteiger partial charge in [-0.2, -0.15) is 0 Å². The second-order valence-electron chi connectivity index (χ2n) is 5.20. The van der Waals surface area contributed by atoms with Gasteiger partial charge in [-0.1, -0.05) is 0 Å². The molecule has 1 aromatic rings. The Hall–Kier alpha value is -1.22. The highest BCUT2D eigenvalue weighted by Crippen LogP contribution is 2.22. The van der Waals surface area contributed by atoms with Gasteiger partial charge in [-0.25, -0.2) is 4.98 Å². The first-order chi connectivity index (χ1) is 10.0. The number of hydrogen-bond acceptors (Lipinski definition) is 7. The molecule has 0 radical (unpaired) electrons. The Bertz CT molecular complexity index is 482. The SMILES string of the molecule is COCCN1CCCC(O)(CNCc2csc(N)n2)C1=O. The highest BCUT2D eigenvalue weighted by molar-refractivity contribution is 7.13. The van der Waals surface area contributed by atoms with Gasteiger partial charge in [-0.05, 0) is 12.8 Å². The summed E-state index contributed by atoms with van der Waals surface area (Å²) in [6.07, 6.45) is 1.26. The van der Waals surface area contributed by atoms with Crippen molar-refractivity contribution in [1.29, 1.82) is 0 Å². The van der Waals surface area contributed by atoms with E-state index in [1.54, 1.807) is 12.0 Å². The van der Waals surface area contributed by atoms with Crippen LogP contribution in [0.15, 0.2) is 5.38 Å². The van der Waals surface area contributed by atoms with Gasteiger partial charge >= 0.3 is 0 Å². The minimum atomic E-state index is -1.34. The van der Waals surface area contributed by atoms with E-state index in [0.29, 0.717) is 37.8 Å². The molecule has 8 heteroatoms. The summed E-state index contributed by atoms with van der Waals surface area (Å²) in [4.78, 5) is 18.1. The molecule has 1 aromatic heterocycles. The van der Waals surface area contributed by atoms with Gasteiger partial charge in [0.05, 0.1) is 12.3 Å². The third kappa shape index (κ3) is 4.13. The second-order valence-corrected chi connectivity index (χ2v) is 6.09. The molecule has 21 heavy (non-hydrogen) atoms. The molecule has 2 rings (SSSR count). The van der Waals surface area contributed by atoms with Gasteiger partial charge < -0.3 is 25.8 Å². The molecule has 1 fully saturated rings. The van der Waals surface area contributed by atoms with Gasteiger partial charge in [0.25, 0.3) is 5.91 Å². The van der Waals surface area contributed by atoms with Crippen LogP contribution < -0.4 is 11.1 Å². The summed E-state index contributed by atoms with van der Waals surface area (Å²) in [5, 5.41) is 16.0. The predicted octanol–water partition coefficient (Wildman–Crippen LogP) is -0.185. The van der Waals surface area contributed by atoms with Gasteiger partial charge in [0.15, 0.2) is 10.7 Å².